The third kappa shape index (κ3) is 1.49. The summed E-state index contributed by atoms with van der Waals surface area (Å²) in [5.74, 6) is -0.180. The van der Waals surface area contributed by atoms with Crippen LogP contribution in [-0.2, 0) is 6.42 Å². The first-order valence-corrected chi connectivity index (χ1v) is 4.41. The molecule has 1 nitrogen and oxygen atoms in total. The Bertz CT molecular complexity index is 366. The summed E-state index contributed by atoms with van der Waals surface area (Å²) in [6, 6.07) is 4.95. The first-order chi connectivity index (χ1) is 6.16. The molecule has 1 aromatic carbocycles. The van der Waals surface area contributed by atoms with E-state index in [4.69, 9.17) is 5.73 Å². The van der Waals surface area contributed by atoms with E-state index in [2.05, 4.69) is 0 Å². The van der Waals surface area contributed by atoms with Gasteiger partial charge in [0.2, 0.25) is 0 Å². The fraction of sp³-hybridized carbons (Fsp3) is 0.273. The van der Waals surface area contributed by atoms with Gasteiger partial charge in [0.1, 0.15) is 5.82 Å². The fourth-order valence-electron chi connectivity index (χ4n) is 1.62. The van der Waals surface area contributed by atoms with E-state index in [1.54, 1.807) is 6.07 Å². The van der Waals surface area contributed by atoms with E-state index >= 15 is 0 Å². The van der Waals surface area contributed by atoms with Crippen LogP contribution in [0.25, 0.3) is 6.08 Å². The van der Waals surface area contributed by atoms with E-state index < -0.39 is 0 Å². The Labute approximate surface area is 77.1 Å². The normalized spacial score (nSPS) is 16.7. The zero-order valence-electron chi connectivity index (χ0n) is 7.55. The quantitative estimate of drug-likeness (QED) is 0.698. The van der Waals surface area contributed by atoms with E-state index in [1.807, 2.05) is 19.1 Å². The van der Waals surface area contributed by atoms with Gasteiger partial charge >= 0.3 is 0 Å². The molecule has 0 bridgehead atoms. The van der Waals surface area contributed by atoms with Crippen molar-refractivity contribution in [2.45, 2.75) is 19.4 Å². The van der Waals surface area contributed by atoms with Gasteiger partial charge in [0.05, 0.1) is 0 Å². The molecule has 0 radical (unpaired) electrons. The van der Waals surface area contributed by atoms with Crippen molar-refractivity contribution in [3.8, 4) is 0 Å². The fourth-order valence-corrected chi connectivity index (χ4v) is 1.62. The van der Waals surface area contributed by atoms with E-state index in [-0.39, 0.29) is 11.9 Å². The van der Waals surface area contributed by atoms with Crippen molar-refractivity contribution in [3.63, 3.8) is 0 Å². The Morgan fingerprint density at radius 2 is 2.23 bits per heavy atom. The Kier molecular flexibility index (Phi) is 1.93. The van der Waals surface area contributed by atoms with Gasteiger partial charge in [-0.1, -0.05) is 12.1 Å². The smallest absolute Gasteiger partial charge is 0.123 e. The Morgan fingerprint density at radius 1 is 1.46 bits per heavy atom. The molecule has 1 unspecified atom stereocenters. The highest BCUT2D eigenvalue weighted by atomic mass is 19.1. The Hall–Kier alpha value is -1.15. The third-order valence-corrected chi connectivity index (χ3v) is 2.43. The molecule has 0 amide bonds. The molecule has 1 aromatic rings. The van der Waals surface area contributed by atoms with E-state index in [9.17, 15) is 4.39 Å². The molecular formula is C11H12FN. The molecule has 0 saturated carbocycles. The van der Waals surface area contributed by atoms with Crippen molar-refractivity contribution in [2.24, 2.45) is 5.73 Å². The first-order valence-electron chi connectivity index (χ1n) is 4.41. The lowest BCUT2D eigenvalue weighted by molar-refractivity contribution is 0.627. The summed E-state index contributed by atoms with van der Waals surface area (Å²) in [6.45, 7) is 1.95. The summed E-state index contributed by atoms with van der Waals surface area (Å²) in [4.78, 5) is 0. The molecule has 0 heterocycles. The minimum atomic E-state index is -0.180. The number of benzene rings is 1. The highest BCUT2D eigenvalue weighted by Crippen LogP contribution is 2.26. The molecule has 0 fully saturated rings. The van der Waals surface area contributed by atoms with E-state index in [0.29, 0.717) is 0 Å². The average Bonchev–Trinajstić information content (AvgIpc) is 2.46. The second kappa shape index (κ2) is 2.96. The molecule has 0 spiro atoms. The van der Waals surface area contributed by atoms with E-state index in [0.717, 1.165) is 12.0 Å². The molecule has 0 aliphatic heterocycles. The lowest BCUT2D eigenvalue weighted by Gasteiger charge is -2.04. The summed E-state index contributed by atoms with van der Waals surface area (Å²) >= 11 is 0. The van der Waals surface area contributed by atoms with Gasteiger partial charge in [-0.15, -0.1) is 0 Å². The minimum absolute atomic E-state index is 0.0652. The lowest BCUT2D eigenvalue weighted by Crippen LogP contribution is -2.17. The van der Waals surface area contributed by atoms with Crippen LogP contribution in [0.2, 0.25) is 0 Å². The number of halogens is 1. The van der Waals surface area contributed by atoms with Crippen molar-refractivity contribution in [3.05, 3.63) is 40.7 Å². The molecule has 1 aliphatic rings. The maximum absolute atomic E-state index is 12.8. The number of hydrogen-bond donors (Lipinski definition) is 1. The summed E-state index contributed by atoms with van der Waals surface area (Å²) in [7, 11) is 0. The Balaban J connectivity index is 2.38. The lowest BCUT2D eigenvalue weighted by atomic mass is 10.1. The summed E-state index contributed by atoms with van der Waals surface area (Å²) in [5, 5.41) is 0. The van der Waals surface area contributed by atoms with Gasteiger partial charge in [-0.3, -0.25) is 0 Å². The summed E-state index contributed by atoms with van der Waals surface area (Å²) in [6.07, 6.45) is 2.86. The summed E-state index contributed by atoms with van der Waals surface area (Å²) < 4.78 is 12.8. The van der Waals surface area contributed by atoms with Gasteiger partial charge < -0.3 is 5.73 Å². The van der Waals surface area contributed by atoms with Crippen LogP contribution in [0.4, 0.5) is 4.39 Å². The van der Waals surface area contributed by atoms with Crippen LogP contribution >= 0.6 is 0 Å². The molecule has 13 heavy (non-hydrogen) atoms. The largest absolute Gasteiger partial charge is 0.324 e. The van der Waals surface area contributed by atoms with Gasteiger partial charge in [0, 0.05) is 6.04 Å². The van der Waals surface area contributed by atoms with Crippen molar-refractivity contribution in [1.29, 1.82) is 0 Å². The van der Waals surface area contributed by atoms with Crippen molar-refractivity contribution >= 4 is 6.08 Å². The molecular weight excluding hydrogens is 165 g/mol. The van der Waals surface area contributed by atoms with Crippen LogP contribution in [0.15, 0.2) is 23.8 Å². The zero-order valence-corrected chi connectivity index (χ0v) is 7.55. The standard InChI is InChI=1S/C11H12FN/c1-7(13)9-4-8-2-3-11(12)6-10(8)5-9/h2-3,5-7H,4,13H2,1H3. The molecule has 2 rings (SSSR count). The second-order valence-electron chi connectivity index (χ2n) is 3.53. The van der Waals surface area contributed by atoms with Crippen LogP contribution in [0.5, 0.6) is 0 Å². The van der Waals surface area contributed by atoms with Gasteiger partial charge in [0.25, 0.3) is 0 Å². The maximum Gasteiger partial charge on any atom is 0.123 e. The third-order valence-electron chi connectivity index (χ3n) is 2.43. The zero-order chi connectivity index (χ0) is 9.42. The molecule has 68 valence electrons. The van der Waals surface area contributed by atoms with Crippen molar-refractivity contribution < 1.29 is 4.39 Å². The number of nitrogens with two attached hydrogens (primary N) is 1. The molecule has 1 aliphatic carbocycles. The highest BCUT2D eigenvalue weighted by Gasteiger charge is 2.15. The molecule has 2 N–H and O–H groups in total. The molecule has 0 saturated heterocycles. The van der Waals surface area contributed by atoms with E-state index in [1.165, 1.54) is 17.2 Å². The highest BCUT2D eigenvalue weighted by molar-refractivity contribution is 5.64. The van der Waals surface area contributed by atoms with Crippen LogP contribution < -0.4 is 5.73 Å². The van der Waals surface area contributed by atoms with Crippen LogP contribution in [0.1, 0.15) is 18.1 Å². The summed E-state index contributed by atoms with van der Waals surface area (Å²) in [5.41, 5.74) is 9.09. The van der Waals surface area contributed by atoms with Gasteiger partial charge in [0.15, 0.2) is 0 Å². The predicted octanol–water partition coefficient (Wildman–Crippen LogP) is 2.11. The van der Waals surface area contributed by atoms with Gasteiger partial charge in [-0.05, 0) is 42.2 Å². The van der Waals surface area contributed by atoms with Gasteiger partial charge in [-0.2, -0.15) is 0 Å². The molecule has 1 atom stereocenters. The van der Waals surface area contributed by atoms with Crippen LogP contribution in [0, 0.1) is 5.82 Å². The maximum atomic E-state index is 12.8. The monoisotopic (exact) mass is 177 g/mol. The number of fused-ring (bicyclic) bond motifs is 1. The average molecular weight is 177 g/mol. The minimum Gasteiger partial charge on any atom is -0.324 e. The SMILES string of the molecule is CC(N)C1=Cc2cc(F)ccc2C1. The van der Waals surface area contributed by atoms with Crippen molar-refractivity contribution in [1.82, 2.24) is 0 Å². The topological polar surface area (TPSA) is 26.0 Å². The van der Waals surface area contributed by atoms with Crippen molar-refractivity contribution in [2.75, 3.05) is 0 Å². The number of hydrogen-bond acceptors (Lipinski definition) is 1. The first kappa shape index (κ1) is 8.45. The second-order valence-corrected chi connectivity index (χ2v) is 3.53. The molecule has 0 aromatic heterocycles. The van der Waals surface area contributed by atoms with Crippen LogP contribution in [-0.4, -0.2) is 6.04 Å². The number of rotatable bonds is 1. The predicted molar refractivity (Wildman–Crippen MR) is 51.7 cm³/mol. The van der Waals surface area contributed by atoms with Gasteiger partial charge in [-0.25, -0.2) is 4.39 Å². The van der Waals surface area contributed by atoms with Crippen LogP contribution in [0.3, 0.4) is 0 Å². The molecule has 2 heteroatoms. The Morgan fingerprint density at radius 3 is 2.92 bits per heavy atom.